The number of guanidine groups is 1. The monoisotopic (exact) mass is 417 g/mol. The Balaban J connectivity index is 0.00000242. The molecule has 5 heteroatoms. The van der Waals surface area contributed by atoms with Gasteiger partial charge in [0.25, 0.3) is 0 Å². The lowest BCUT2D eigenvalue weighted by Crippen LogP contribution is -2.23. The number of nitrogens with one attached hydrogen (secondary N) is 1. The summed E-state index contributed by atoms with van der Waals surface area (Å²) >= 11 is 0. The molecule has 3 N–H and O–H groups in total. The van der Waals surface area contributed by atoms with Gasteiger partial charge in [-0.2, -0.15) is 0 Å². The Labute approximate surface area is 150 Å². The molecule has 1 aromatic carbocycles. The van der Waals surface area contributed by atoms with E-state index < -0.39 is 0 Å². The van der Waals surface area contributed by atoms with Crippen molar-refractivity contribution in [3.8, 4) is 5.75 Å². The molecule has 1 fully saturated rings. The van der Waals surface area contributed by atoms with Crippen LogP contribution in [0.25, 0.3) is 0 Å². The minimum Gasteiger partial charge on any atom is -0.497 e. The number of benzene rings is 1. The number of hydrogen-bond acceptors (Lipinski definition) is 2. The van der Waals surface area contributed by atoms with Crippen molar-refractivity contribution in [2.45, 2.75) is 39.0 Å². The molecule has 0 radical (unpaired) electrons. The van der Waals surface area contributed by atoms with Gasteiger partial charge >= 0.3 is 0 Å². The molecule has 2 atom stereocenters. The van der Waals surface area contributed by atoms with Crippen LogP contribution in [0, 0.1) is 11.8 Å². The first-order chi connectivity index (χ1) is 10.2. The van der Waals surface area contributed by atoms with Crippen LogP contribution in [0.15, 0.2) is 29.3 Å². The van der Waals surface area contributed by atoms with E-state index in [1.54, 1.807) is 7.11 Å². The molecule has 1 saturated carbocycles. The van der Waals surface area contributed by atoms with Gasteiger partial charge in [-0.1, -0.05) is 26.2 Å². The molecule has 0 spiro atoms. The molecule has 2 rings (SSSR count). The van der Waals surface area contributed by atoms with Crippen molar-refractivity contribution in [2.24, 2.45) is 22.6 Å². The topological polar surface area (TPSA) is 59.6 Å². The summed E-state index contributed by atoms with van der Waals surface area (Å²) in [5.41, 5.74) is 6.86. The lowest BCUT2D eigenvalue weighted by atomic mass is 9.81. The van der Waals surface area contributed by atoms with Gasteiger partial charge in [0.15, 0.2) is 5.96 Å². The van der Waals surface area contributed by atoms with Crippen molar-refractivity contribution in [1.82, 2.24) is 0 Å². The Morgan fingerprint density at radius 2 is 2.05 bits per heavy atom. The lowest BCUT2D eigenvalue weighted by Gasteiger charge is -2.26. The van der Waals surface area contributed by atoms with Crippen molar-refractivity contribution in [2.75, 3.05) is 19.0 Å². The fraction of sp³-hybridized carbons (Fsp3) is 0.588. The molecule has 1 aliphatic carbocycles. The molecular formula is C17H28IN3O. The van der Waals surface area contributed by atoms with E-state index in [9.17, 15) is 0 Å². The van der Waals surface area contributed by atoms with Crippen LogP contribution in [-0.4, -0.2) is 19.6 Å². The first-order valence-electron chi connectivity index (χ1n) is 7.88. The average molecular weight is 417 g/mol. The van der Waals surface area contributed by atoms with E-state index in [1.165, 1.54) is 25.7 Å². The first kappa shape index (κ1) is 19.1. The highest BCUT2D eigenvalue weighted by atomic mass is 127. The molecule has 4 nitrogen and oxygen atoms in total. The molecule has 2 unspecified atom stereocenters. The van der Waals surface area contributed by atoms with Crippen molar-refractivity contribution in [3.63, 3.8) is 0 Å². The van der Waals surface area contributed by atoms with Gasteiger partial charge in [0.05, 0.1) is 7.11 Å². The van der Waals surface area contributed by atoms with E-state index in [1.807, 2.05) is 24.3 Å². The van der Waals surface area contributed by atoms with Crippen molar-refractivity contribution in [3.05, 3.63) is 24.3 Å². The highest BCUT2D eigenvalue weighted by Gasteiger charge is 2.18. The molecule has 0 heterocycles. The third kappa shape index (κ3) is 6.42. The summed E-state index contributed by atoms with van der Waals surface area (Å²) in [7, 11) is 1.66. The van der Waals surface area contributed by atoms with Crippen LogP contribution in [0.3, 0.4) is 0 Å². The van der Waals surface area contributed by atoms with E-state index in [4.69, 9.17) is 10.5 Å². The van der Waals surface area contributed by atoms with Gasteiger partial charge in [-0.15, -0.1) is 24.0 Å². The van der Waals surface area contributed by atoms with Crippen molar-refractivity contribution < 1.29 is 4.74 Å². The normalized spacial score (nSPS) is 21.8. The second-order valence-corrected chi connectivity index (χ2v) is 6.05. The predicted molar refractivity (Wildman–Crippen MR) is 104 cm³/mol. The third-order valence-electron chi connectivity index (χ3n) is 4.23. The van der Waals surface area contributed by atoms with Crippen molar-refractivity contribution >= 4 is 35.6 Å². The quantitative estimate of drug-likeness (QED) is 0.428. The minimum absolute atomic E-state index is 0. The molecule has 1 aliphatic rings. The number of aliphatic imine (C=N–C) groups is 1. The van der Waals surface area contributed by atoms with E-state index in [-0.39, 0.29) is 24.0 Å². The number of methoxy groups -OCH3 is 1. The van der Waals surface area contributed by atoms with Gasteiger partial charge in [0.1, 0.15) is 5.75 Å². The third-order valence-corrected chi connectivity index (χ3v) is 4.23. The summed E-state index contributed by atoms with van der Waals surface area (Å²) in [5, 5.41) is 3.11. The van der Waals surface area contributed by atoms with Gasteiger partial charge in [-0.05, 0) is 48.9 Å². The largest absolute Gasteiger partial charge is 0.497 e. The second-order valence-electron chi connectivity index (χ2n) is 6.05. The Morgan fingerprint density at radius 1 is 1.32 bits per heavy atom. The number of ether oxygens (including phenoxy) is 1. The fourth-order valence-corrected chi connectivity index (χ4v) is 3.05. The predicted octanol–water partition coefficient (Wildman–Crippen LogP) is 4.26. The Kier molecular flexibility index (Phi) is 8.60. The van der Waals surface area contributed by atoms with Crippen molar-refractivity contribution in [1.29, 1.82) is 0 Å². The highest BCUT2D eigenvalue weighted by Crippen LogP contribution is 2.30. The van der Waals surface area contributed by atoms with E-state index in [0.717, 1.165) is 36.2 Å². The average Bonchev–Trinajstić information content (AvgIpc) is 2.48. The van der Waals surface area contributed by atoms with Crippen LogP contribution in [0.4, 0.5) is 5.69 Å². The number of nitrogens with zero attached hydrogens (tertiary/aromatic N) is 1. The molecule has 0 amide bonds. The van der Waals surface area contributed by atoms with Gasteiger partial charge in [-0.25, -0.2) is 0 Å². The minimum atomic E-state index is 0. The number of halogens is 1. The van der Waals surface area contributed by atoms with Crippen LogP contribution in [0.2, 0.25) is 0 Å². The number of rotatable bonds is 5. The lowest BCUT2D eigenvalue weighted by molar-refractivity contribution is 0.273. The Morgan fingerprint density at radius 3 is 2.68 bits per heavy atom. The number of nitrogens with two attached hydrogens (primary N) is 1. The summed E-state index contributed by atoms with van der Waals surface area (Å²) in [6, 6.07) is 7.67. The van der Waals surface area contributed by atoms with Gasteiger partial charge < -0.3 is 15.8 Å². The molecule has 22 heavy (non-hydrogen) atoms. The summed E-state index contributed by atoms with van der Waals surface area (Å²) in [6.07, 6.45) is 6.61. The summed E-state index contributed by atoms with van der Waals surface area (Å²) < 4.78 is 5.13. The number of hydrogen-bond donors (Lipinski definition) is 2. The smallest absolute Gasteiger partial charge is 0.193 e. The Hall–Kier alpha value is -0.980. The maximum Gasteiger partial charge on any atom is 0.193 e. The maximum atomic E-state index is 5.93. The zero-order valence-corrected chi connectivity index (χ0v) is 15.9. The van der Waals surface area contributed by atoms with Crippen LogP contribution < -0.4 is 15.8 Å². The van der Waals surface area contributed by atoms with Crippen LogP contribution >= 0.6 is 24.0 Å². The summed E-state index contributed by atoms with van der Waals surface area (Å²) in [5.74, 6) is 3.03. The summed E-state index contributed by atoms with van der Waals surface area (Å²) in [4.78, 5) is 4.43. The zero-order valence-electron chi connectivity index (χ0n) is 13.5. The standard InChI is InChI=1S/C17H27N3O.HI/c1-13-4-3-5-14(12-13)10-11-19-17(18)20-15-6-8-16(21-2)9-7-15;/h6-9,13-14H,3-5,10-12H2,1-2H3,(H3,18,19,20);1H. The van der Waals surface area contributed by atoms with E-state index >= 15 is 0 Å². The second kappa shape index (κ2) is 9.92. The Bertz CT molecular complexity index is 461. The molecular weight excluding hydrogens is 389 g/mol. The molecule has 1 aromatic rings. The maximum absolute atomic E-state index is 5.93. The molecule has 0 aromatic heterocycles. The molecule has 0 saturated heterocycles. The van der Waals surface area contributed by atoms with Crippen LogP contribution in [0.1, 0.15) is 39.0 Å². The van der Waals surface area contributed by atoms with E-state index in [0.29, 0.717) is 5.96 Å². The SMILES string of the molecule is COc1ccc(NC(N)=NCCC2CCCC(C)C2)cc1.I. The van der Waals surface area contributed by atoms with Gasteiger partial charge in [0, 0.05) is 12.2 Å². The molecule has 124 valence electrons. The van der Waals surface area contributed by atoms with Crippen LogP contribution in [-0.2, 0) is 0 Å². The number of anilines is 1. The highest BCUT2D eigenvalue weighted by molar-refractivity contribution is 14.0. The van der Waals surface area contributed by atoms with E-state index in [2.05, 4.69) is 17.2 Å². The molecule has 0 bridgehead atoms. The van der Waals surface area contributed by atoms with Crippen LogP contribution in [0.5, 0.6) is 5.75 Å². The van der Waals surface area contributed by atoms with Gasteiger partial charge in [0.2, 0.25) is 0 Å². The fourth-order valence-electron chi connectivity index (χ4n) is 3.05. The zero-order chi connectivity index (χ0) is 15.1. The van der Waals surface area contributed by atoms with Gasteiger partial charge in [-0.3, -0.25) is 4.99 Å². The molecule has 0 aliphatic heterocycles. The summed E-state index contributed by atoms with van der Waals surface area (Å²) in [6.45, 7) is 3.17. The first-order valence-corrected chi connectivity index (χ1v) is 7.88.